The second-order valence-corrected chi connectivity index (χ2v) is 7.21. The fourth-order valence-electron chi connectivity index (χ4n) is 1.99. The van der Waals surface area contributed by atoms with E-state index >= 15 is 0 Å². The van der Waals surface area contributed by atoms with Gasteiger partial charge in [-0.3, -0.25) is 9.59 Å². The molecule has 0 fully saturated rings. The van der Waals surface area contributed by atoms with E-state index in [9.17, 15) is 9.59 Å². The summed E-state index contributed by atoms with van der Waals surface area (Å²) in [6.45, 7) is 5.47. The van der Waals surface area contributed by atoms with Gasteiger partial charge in [-0.25, -0.2) is 0 Å². The van der Waals surface area contributed by atoms with Crippen molar-refractivity contribution in [1.82, 2.24) is 0 Å². The third-order valence-corrected chi connectivity index (χ3v) is 4.21. The first kappa shape index (κ1) is 19.2. The normalized spacial score (nSPS) is 10.4. The van der Waals surface area contributed by atoms with Crippen molar-refractivity contribution in [3.05, 3.63) is 51.6 Å². The average molecular weight is 452 g/mol. The van der Waals surface area contributed by atoms with E-state index in [0.717, 1.165) is 9.13 Å². The van der Waals surface area contributed by atoms with E-state index in [-0.39, 0.29) is 24.3 Å². The van der Waals surface area contributed by atoms with Gasteiger partial charge in [-0.15, -0.1) is 0 Å². The Morgan fingerprint density at radius 3 is 2.40 bits per heavy atom. The third-order valence-electron chi connectivity index (χ3n) is 3.49. The first-order valence-electron chi connectivity index (χ1n) is 7.95. The molecule has 0 aliphatic carbocycles. The predicted octanol–water partition coefficient (Wildman–Crippen LogP) is 4.21. The summed E-state index contributed by atoms with van der Waals surface area (Å²) >= 11 is 2.21. The minimum absolute atomic E-state index is 0.0665. The lowest BCUT2D eigenvalue weighted by molar-refractivity contribution is -0.119. The molecular formula is C19H21IN2O3. The Kier molecular flexibility index (Phi) is 6.81. The Morgan fingerprint density at radius 1 is 1.08 bits per heavy atom. The van der Waals surface area contributed by atoms with E-state index in [2.05, 4.69) is 33.2 Å². The second kappa shape index (κ2) is 8.84. The van der Waals surface area contributed by atoms with Gasteiger partial charge >= 0.3 is 0 Å². The first-order chi connectivity index (χ1) is 11.8. The molecular weight excluding hydrogens is 431 g/mol. The highest BCUT2D eigenvalue weighted by molar-refractivity contribution is 14.1. The predicted molar refractivity (Wildman–Crippen MR) is 108 cm³/mol. The molecule has 0 bridgehead atoms. The molecule has 0 spiro atoms. The van der Waals surface area contributed by atoms with Gasteiger partial charge in [0.2, 0.25) is 5.91 Å². The van der Waals surface area contributed by atoms with Gasteiger partial charge in [0, 0.05) is 20.9 Å². The molecule has 0 radical (unpaired) electrons. The zero-order valence-corrected chi connectivity index (χ0v) is 16.6. The third kappa shape index (κ3) is 6.04. The van der Waals surface area contributed by atoms with E-state index < -0.39 is 0 Å². The number of benzene rings is 2. The Morgan fingerprint density at radius 2 is 1.76 bits per heavy atom. The average Bonchev–Trinajstić information content (AvgIpc) is 2.57. The molecule has 0 aliphatic heterocycles. The van der Waals surface area contributed by atoms with E-state index in [0.29, 0.717) is 17.1 Å². The van der Waals surface area contributed by atoms with Crippen LogP contribution in [0.2, 0.25) is 0 Å². The number of halogens is 1. The summed E-state index contributed by atoms with van der Waals surface area (Å²) in [7, 11) is 0. The van der Waals surface area contributed by atoms with Crippen LogP contribution in [-0.4, -0.2) is 18.4 Å². The second-order valence-electron chi connectivity index (χ2n) is 5.96. The molecule has 0 aromatic heterocycles. The van der Waals surface area contributed by atoms with Gasteiger partial charge in [-0.05, 0) is 71.5 Å². The lowest BCUT2D eigenvalue weighted by Crippen LogP contribution is -2.21. The molecule has 132 valence electrons. The molecule has 6 heteroatoms. The minimum Gasteiger partial charge on any atom is -0.484 e. The first-order valence-corrected chi connectivity index (χ1v) is 9.03. The number of hydrogen-bond donors (Lipinski definition) is 2. The maximum Gasteiger partial charge on any atom is 0.262 e. The number of amides is 2. The van der Waals surface area contributed by atoms with Crippen molar-refractivity contribution in [1.29, 1.82) is 0 Å². The van der Waals surface area contributed by atoms with Crippen LogP contribution in [0.1, 0.15) is 19.4 Å². The molecule has 0 unspecified atom stereocenters. The highest BCUT2D eigenvalue weighted by Gasteiger charge is 2.10. The van der Waals surface area contributed by atoms with Gasteiger partial charge in [0.15, 0.2) is 6.61 Å². The van der Waals surface area contributed by atoms with Gasteiger partial charge < -0.3 is 15.4 Å². The molecule has 5 nitrogen and oxygen atoms in total. The lowest BCUT2D eigenvalue weighted by Gasteiger charge is -2.13. The zero-order chi connectivity index (χ0) is 18.4. The van der Waals surface area contributed by atoms with Crippen LogP contribution in [-0.2, 0) is 9.59 Å². The van der Waals surface area contributed by atoms with Crippen LogP contribution in [0.25, 0.3) is 0 Å². The fraction of sp³-hybridized carbons (Fsp3) is 0.263. The molecule has 0 heterocycles. The van der Waals surface area contributed by atoms with Crippen LogP contribution >= 0.6 is 22.6 Å². The van der Waals surface area contributed by atoms with Gasteiger partial charge in [0.05, 0.1) is 0 Å². The van der Waals surface area contributed by atoms with Gasteiger partial charge in [-0.1, -0.05) is 19.9 Å². The van der Waals surface area contributed by atoms with Crippen LogP contribution in [0.15, 0.2) is 42.5 Å². The highest BCUT2D eigenvalue weighted by atomic mass is 127. The molecule has 2 aromatic rings. The number of hydrogen-bond acceptors (Lipinski definition) is 3. The summed E-state index contributed by atoms with van der Waals surface area (Å²) in [4.78, 5) is 23.9. The number of nitrogens with one attached hydrogen (secondary N) is 2. The Hall–Kier alpha value is -2.09. The molecule has 0 atom stereocenters. The molecule has 2 aromatic carbocycles. The van der Waals surface area contributed by atoms with Crippen LogP contribution in [0.3, 0.4) is 0 Å². The van der Waals surface area contributed by atoms with Crippen LogP contribution in [0.4, 0.5) is 11.4 Å². The molecule has 0 saturated carbocycles. The van der Waals surface area contributed by atoms with E-state index in [1.54, 1.807) is 6.07 Å². The molecule has 0 saturated heterocycles. The van der Waals surface area contributed by atoms with Crippen LogP contribution in [0.5, 0.6) is 5.75 Å². The smallest absolute Gasteiger partial charge is 0.262 e. The largest absolute Gasteiger partial charge is 0.484 e. The number of anilines is 2. The summed E-state index contributed by atoms with van der Waals surface area (Å²) in [5.74, 6) is 0.212. The lowest BCUT2D eigenvalue weighted by atomic mass is 10.1. The van der Waals surface area contributed by atoms with Gasteiger partial charge in [0.1, 0.15) is 5.75 Å². The van der Waals surface area contributed by atoms with Crippen molar-refractivity contribution in [2.24, 2.45) is 5.92 Å². The molecule has 2 N–H and O–H groups in total. The quantitative estimate of drug-likeness (QED) is 0.646. The molecule has 25 heavy (non-hydrogen) atoms. The van der Waals surface area contributed by atoms with E-state index in [1.165, 1.54) is 0 Å². The molecule has 2 amide bonds. The summed E-state index contributed by atoms with van der Waals surface area (Å²) in [6, 6.07) is 12.9. The highest BCUT2D eigenvalue weighted by Crippen LogP contribution is 2.21. The van der Waals surface area contributed by atoms with Crippen molar-refractivity contribution in [3.8, 4) is 5.75 Å². The zero-order valence-electron chi connectivity index (χ0n) is 14.4. The molecule has 2 rings (SSSR count). The van der Waals surface area contributed by atoms with Crippen molar-refractivity contribution < 1.29 is 14.3 Å². The monoisotopic (exact) mass is 452 g/mol. The number of carbonyl (C=O) groups excluding carboxylic acids is 2. The standard InChI is InChI=1S/C19H21IN2O3/c1-12(2)19(24)21-15-7-4-13(3)17(10-15)22-18(23)11-25-16-8-5-14(20)6-9-16/h4-10,12H,11H2,1-3H3,(H,21,24)(H,22,23). The SMILES string of the molecule is Cc1ccc(NC(=O)C(C)C)cc1NC(=O)COc1ccc(I)cc1. The van der Waals surface area contributed by atoms with E-state index in [4.69, 9.17) is 4.74 Å². The Bertz CT molecular complexity index is 758. The summed E-state index contributed by atoms with van der Waals surface area (Å²) < 4.78 is 6.58. The van der Waals surface area contributed by atoms with Gasteiger partial charge in [-0.2, -0.15) is 0 Å². The number of aryl methyl sites for hydroxylation is 1. The number of carbonyl (C=O) groups is 2. The molecule has 0 aliphatic rings. The topological polar surface area (TPSA) is 67.4 Å². The Labute approximate surface area is 161 Å². The summed E-state index contributed by atoms with van der Waals surface area (Å²) in [5, 5.41) is 5.64. The van der Waals surface area contributed by atoms with Crippen molar-refractivity contribution in [3.63, 3.8) is 0 Å². The van der Waals surface area contributed by atoms with Gasteiger partial charge in [0.25, 0.3) is 5.91 Å². The van der Waals surface area contributed by atoms with Crippen LogP contribution < -0.4 is 15.4 Å². The van der Waals surface area contributed by atoms with Crippen molar-refractivity contribution in [2.45, 2.75) is 20.8 Å². The summed E-state index contributed by atoms with van der Waals surface area (Å²) in [5.41, 5.74) is 2.21. The minimum atomic E-state index is -0.256. The number of ether oxygens (including phenoxy) is 1. The maximum absolute atomic E-state index is 12.1. The van der Waals surface area contributed by atoms with Crippen LogP contribution in [0, 0.1) is 16.4 Å². The summed E-state index contributed by atoms with van der Waals surface area (Å²) in [6.07, 6.45) is 0. The number of rotatable bonds is 6. The van der Waals surface area contributed by atoms with Crippen molar-refractivity contribution >= 4 is 45.8 Å². The Balaban J connectivity index is 1.97. The maximum atomic E-state index is 12.1. The van der Waals surface area contributed by atoms with Crippen molar-refractivity contribution in [2.75, 3.05) is 17.2 Å². The van der Waals surface area contributed by atoms with E-state index in [1.807, 2.05) is 57.2 Å². The fourth-order valence-corrected chi connectivity index (χ4v) is 2.35.